The minimum absolute atomic E-state index is 0.202. The van der Waals surface area contributed by atoms with Crippen LogP contribution in [0, 0.1) is 0 Å². The third-order valence-electron chi connectivity index (χ3n) is 2.00. The van der Waals surface area contributed by atoms with Crippen LogP contribution in [0.15, 0.2) is 33.2 Å². The van der Waals surface area contributed by atoms with Gasteiger partial charge in [0.05, 0.1) is 0 Å². The molecule has 0 aliphatic heterocycles. The fourth-order valence-corrected chi connectivity index (χ4v) is 2.19. The molecule has 16 heavy (non-hydrogen) atoms. The van der Waals surface area contributed by atoms with E-state index in [1.165, 1.54) is 11.8 Å². The van der Waals surface area contributed by atoms with Crippen molar-refractivity contribution in [1.29, 1.82) is 0 Å². The maximum Gasteiger partial charge on any atom is 0.343 e. The molecule has 0 aliphatic carbocycles. The third-order valence-corrected chi connectivity index (χ3v) is 2.99. The molecule has 7 heteroatoms. The van der Waals surface area contributed by atoms with Crippen molar-refractivity contribution in [3.05, 3.63) is 28.8 Å². The van der Waals surface area contributed by atoms with Gasteiger partial charge in [-0.05, 0) is 30.8 Å². The summed E-state index contributed by atoms with van der Waals surface area (Å²) in [5, 5.41) is 6.97. The van der Waals surface area contributed by atoms with Crippen LogP contribution in [0.4, 0.5) is 5.82 Å². The first-order valence-electron chi connectivity index (χ1n) is 4.75. The molecule has 3 N–H and O–H groups in total. The summed E-state index contributed by atoms with van der Waals surface area (Å²) < 4.78 is 1.56. The Labute approximate surface area is 95.9 Å². The Bertz CT molecular complexity index is 547. The highest BCUT2D eigenvalue weighted by Gasteiger charge is 2.08. The topological polar surface area (TPSA) is 89.6 Å². The Balaban J connectivity index is 2.30. The second kappa shape index (κ2) is 4.40. The summed E-state index contributed by atoms with van der Waals surface area (Å²) in [5.41, 5.74) is 5.36. The average molecular weight is 237 g/mol. The van der Waals surface area contributed by atoms with Gasteiger partial charge in [0.15, 0.2) is 5.16 Å². The lowest BCUT2D eigenvalue weighted by atomic mass is 10.5. The third kappa shape index (κ3) is 2.08. The number of aromatic nitrogens is 4. The summed E-state index contributed by atoms with van der Waals surface area (Å²) in [4.78, 5) is 16.1. The van der Waals surface area contributed by atoms with Gasteiger partial charge in [0.1, 0.15) is 5.82 Å². The zero-order valence-electron chi connectivity index (χ0n) is 8.67. The Hall–Kier alpha value is -1.76. The highest BCUT2D eigenvalue weighted by Crippen LogP contribution is 2.25. The van der Waals surface area contributed by atoms with Gasteiger partial charge in [0, 0.05) is 17.6 Å². The Morgan fingerprint density at radius 3 is 3.12 bits per heavy atom. The molecule has 0 fully saturated rings. The van der Waals surface area contributed by atoms with Crippen molar-refractivity contribution in [2.45, 2.75) is 23.5 Å². The quantitative estimate of drug-likeness (QED) is 0.821. The van der Waals surface area contributed by atoms with Crippen molar-refractivity contribution >= 4 is 17.6 Å². The minimum atomic E-state index is -0.202. The predicted molar refractivity (Wildman–Crippen MR) is 61.3 cm³/mol. The lowest BCUT2D eigenvalue weighted by Crippen LogP contribution is -2.15. The normalized spacial score (nSPS) is 10.6. The fraction of sp³-hybridized carbons (Fsp3) is 0.222. The Morgan fingerprint density at radius 1 is 1.62 bits per heavy atom. The monoisotopic (exact) mass is 237 g/mol. The molecule has 0 bridgehead atoms. The highest BCUT2D eigenvalue weighted by atomic mass is 32.2. The molecule has 0 atom stereocenters. The lowest BCUT2D eigenvalue weighted by Gasteiger charge is -2.02. The van der Waals surface area contributed by atoms with Gasteiger partial charge >= 0.3 is 5.69 Å². The number of rotatable bonds is 3. The van der Waals surface area contributed by atoms with Gasteiger partial charge in [-0.15, -0.1) is 5.10 Å². The van der Waals surface area contributed by atoms with E-state index in [0.29, 0.717) is 17.5 Å². The molecule has 2 rings (SSSR count). The molecule has 0 spiro atoms. The van der Waals surface area contributed by atoms with E-state index < -0.39 is 0 Å². The molecule has 2 aromatic rings. The number of H-pyrrole nitrogens is 1. The van der Waals surface area contributed by atoms with E-state index in [0.717, 1.165) is 4.90 Å². The van der Waals surface area contributed by atoms with Crippen LogP contribution in [0.5, 0.6) is 0 Å². The molecular weight excluding hydrogens is 226 g/mol. The molecule has 6 nitrogen and oxygen atoms in total. The van der Waals surface area contributed by atoms with Crippen molar-refractivity contribution < 1.29 is 0 Å². The second-order valence-electron chi connectivity index (χ2n) is 3.07. The number of nitrogens with two attached hydrogens (primary N) is 1. The largest absolute Gasteiger partial charge is 0.384 e. The van der Waals surface area contributed by atoms with Crippen molar-refractivity contribution in [3.63, 3.8) is 0 Å². The lowest BCUT2D eigenvalue weighted by molar-refractivity contribution is 0.660. The van der Waals surface area contributed by atoms with E-state index in [9.17, 15) is 4.79 Å². The van der Waals surface area contributed by atoms with Gasteiger partial charge in [-0.2, -0.15) is 0 Å². The van der Waals surface area contributed by atoms with Gasteiger partial charge < -0.3 is 5.73 Å². The van der Waals surface area contributed by atoms with Crippen molar-refractivity contribution in [2.75, 3.05) is 5.73 Å². The van der Waals surface area contributed by atoms with Gasteiger partial charge in [0.2, 0.25) is 0 Å². The molecule has 0 saturated heterocycles. The van der Waals surface area contributed by atoms with E-state index in [1.54, 1.807) is 16.8 Å². The smallest absolute Gasteiger partial charge is 0.343 e. The summed E-state index contributed by atoms with van der Waals surface area (Å²) in [6.07, 6.45) is 1.62. The molecule has 0 unspecified atom stereocenters. The zero-order chi connectivity index (χ0) is 11.5. The van der Waals surface area contributed by atoms with Crippen LogP contribution in [0.1, 0.15) is 6.92 Å². The number of aromatic amines is 1. The van der Waals surface area contributed by atoms with E-state index in [1.807, 2.05) is 13.0 Å². The number of nitrogen functional groups attached to an aromatic ring is 1. The van der Waals surface area contributed by atoms with Crippen LogP contribution in [0.2, 0.25) is 0 Å². The number of hydrogen-bond acceptors (Lipinski definition) is 5. The van der Waals surface area contributed by atoms with Crippen LogP contribution < -0.4 is 11.4 Å². The van der Waals surface area contributed by atoms with E-state index in [2.05, 4.69) is 15.2 Å². The standard InChI is InChI=1S/C9H11N5OS/c1-2-14-8(15)12-13-9(14)16-6-3-4-11-7(10)5-6/h3-5H,2H2,1H3,(H2,10,11)(H,12,15). The van der Waals surface area contributed by atoms with Crippen molar-refractivity contribution in [2.24, 2.45) is 0 Å². The highest BCUT2D eigenvalue weighted by molar-refractivity contribution is 7.99. The predicted octanol–water partition coefficient (Wildman–Crippen LogP) is 0.720. The Kier molecular flexibility index (Phi) is 2.95. The second-order valence-corrected chi connectivity index (χ2v) is 4.11. The van der Waals surface area contributed by atoms with Crippen LogP contribution in [-0.2, 0) is 6.54 Å². The molecule has 0 aliphatic rings. The number of nitrogens with zero attached hydrogens (tertiary/aromatic N) is 3. The maximum absolute atomic E-state index is 11.3. The van der Waals surface area contributed by atoms with Crippen LogP contribution in [0.3, 0.4) is 0 Å². The molecule has 2 heterocycles. The van der Waals surface area contributed by atoms with E-state index >= 15 is 0 Å². The number of nitrogens with one attached hydrogen (secondary N) is 1. The Morgan fingerprint density at radius 2 is 2.44 bits per heavy atom. The van der Waals surface area contributed by atoms with Gasteiger partial charge in [-0.1, -0.05) is 0 Å². The van der Waals surface area contributed by atoms with Crippen molar-refractivity contribution in [1.82, 2.24) is 19.7 Å². The summed E-state index contributed by atoms with van der Waals surface area (Å²) >= 11 is 1.37. The summed E-state index contributed by atoms with van der Waals surface area (Å²) in [6, 6.07) is 3.56. The van der Waals surface area contributed by atoms with E-state index in [-0.39, 0.29) is 5.69 Å². The molecule has 0 saturated carbocycles. The summed E-state index contributed by atoms with van der Waals surface area (Å²) in [5.74, 6) is 0.450. The molecule has 0 radical (unpaired) electrons. The maximum atomic E-state index is 11.3. The molecule has 2 aromatic heterocycles. The number of pyridine rings is 1. The number of anilines is 1. The van der Waals surface area contributed by atoms with Gasteiger partial charge in [0.25, 0.3) is 0 Å². The van der Waals surface area contributed by atoms with Crippen LogP contribution in [0.25, 0.3) is 0 Å². The minimum Gasteiger partial charge on any atom is -0.384 e. The first-order chi connectivity index (χ1) is 7.70. The molecule has 84 valence electrons. The van der Waals surface area contributed by atoms with Gasteiger partial charge in [-0.25, -0.2) is 14.9 Å². The molecule has 0 aromatic carbocycles. The summed E-state index contributed by atoms with van der Waals surface area (Å²) in [6.45, 7) is 2.47. The number of hydrogen-bond donors (Lipinski definition) is 2. The summed E-state index contributed by atoms with van der Waals surface area (Å²) in [7, 11) is 0. The SMILES string of the molecule is CCn1c(Sc2ccnc(N)c2)n[nH]c1=O. The molecule has 0 amide bonds. The zero-order valence-corrected chi connectivity index (χ0v) is 9.49. The van der Waals surface area contributed by atoms with Crippen molar-refractivity contribution in [3.8, 4) is 0 Å². The van der Waals surface area contributed by atoms with Crippen LogP contribution in [-0.4, -0.2) is 19.7 Å². The first kappa shape index (κ1) is 10.7. The molecular formula is C9H11N5OS. The average Bonchev–Trinajstić information content (AvgIpc) is 2.59. The van der Waals surface area contributed by atoms with E-state index in [4.69, 9.17) is 5.73 Å². The van der Waals surface area contributed by atoms with Gasteiger partial charge in [-0.3, -0.25) is 4.57 Å². The van der Waals surface area contributed by atoms with Crippen LogP contribution >= 0.6 is 11.8 Å². The fourth-order valence-electron chi connectivity index (χ4n) is 1.26. The first-order valence-corrected chi connectivity index (χ1v) is 5.57.